The Morgan fingerprint density at radius 1 is 1.36 bits per heavy atom. The van der Waals surface area contributed by atoms with Gasteiger partial charge in [0.15, 0.2) is 11.6 Å². The van der Waals surface area contributed by atoms with Gasteiger partial charge in [0.25, 0.3) is 5.91 Å². The summed E-state index contributed by atoms with van der Waals surface area (Å²) in [5.41, 5.74) is 1.31. The Bertz CT molecular complexity index is 738. The number of aryl methyl sites for hydroxylation is 1. The van der Waals surface area contributed by atoms with Crippen molar-refractivity contribution >= 4 is 5.91 Å². The monoisotopic (exact) mass is 342 g/mol. The molecule has 0 radical (unpaired) electrons. The van der Waals surface area contributed by atoms with Crippen LogP contribution in [0.4, 0.5) is 0 Å². The largest absolute Gasteiger partial charge is 0.448 e. The van der Waals surface area contributed by atoms with Crippen LogP contribution in [0.15, 0.2) is 29.3 Å². The fourth-order valence-electron chi connectivity index (χ4n) is 3.89. The highest BCUT2D eigenvalue weighted by atomic mass is 16.5. The van der Waals surface area contributed by atoms with E-state index in [1.165, 1.54) is 6.26 Å². The summed E-state index contributed by atoms with van der Waals surface area (Å²) in [6, 6.07) is 0. The van der Waals surface area contributed by atoms with Gasteiger partial charge in [-0.05, 0) is 31.6 Å². The molecular weight excluding hydrogens is 320 g/mol. The Morgan fingerprint density at radius 2 is 2.20 bits per heavy atom. The smallest absolute Gasteiger partial charge is 0.275 e. The van der Waals surface area contributed by atoms with Crippen LogP contribution in [0.3, 0.4) is 0 Å². The number of rotatable bonds is 3. The molecule has 132 valence electrons. The number of nitrogens with zero attached hydrogens (tertiary/aromatic N) is 4. The van der Waals surface area contributed by atoms with Gasteiger partial charge in [-0.2, -0.15) is 0 Å². The lowest BCUT2D eigenvalue weighted by atomic mass is 9.84. The molecule has 7 nitrogen and oxygen atoms in total. The van der Waals surface area contributed by atoms with Crippen LogP contribution < -0.4 is 0 Å². The molecule has 0 aliphatic carbocycles. The molecule has 2 fully saturated rings. The zero-order valence-electron chi connectivity index (χ0n) is 14.4. The van der Waals surface area contributed by atoms with Gasteiger partial charge in [0.1, 0.15) is 6.26 Å². The van der Waals surface area contributed by atoms with Gasteiger partial charge < -0.3 is 14.1 Å². The van der Waals surface area contributed by atoms with Gasteiger partial charge in [0, 0.05) is 38.6 Å². The molecule has 7 heteroatoms. The van der Waals surface area contributed by atoms with Crippen LogP contribution in [0, 0.1) is 12.8 Å². The van der Waals surface area contributed by atoms with E-state index < -0.39 is 0 Å². The van der Waals surface area contributed by atoms with Gasteiger partial charge in [-0.25, -0.2) is 4.98 Å². The first-order valence-corrected chi connectivity index (χ1v) is 8.74. The van der Waals surface area contributed by atoms with Crippen LogP contribution >= 0.6 is 0 Å². The van der Waals surface area contributed by atoms with E-state index in [0.29, 0.717) is 30.6 Å². The highest BCUT2D eigenvalue weighted by molar-refractivity contribution is 5.92. The van der Waals surface area contributed by atoms with Gasteiger partial charge in [-0.1, -0.05) is 0 Å². The fourth-order valence-corrected chi connectivity index (χ4v) is 3.89. The van der Waals surface area contributed by atoms with Gasteiger partial charge in [-0.3, -0.25) is 14.8 Å². The summed E-state index contributed by atoms with van der Waals surface area (Å²) >= 11 is 0. The number of oxazole rings is 1. The second kappa shape index (κ2) is 6.55. The number of carbonyl (C=O) groups is 1. The Balaban J connectivity index is 1.33. The van der Waals surface area contributed by atoms with E-state index in [2.05, 4.69) is 15.0 Å². The summed E-state index contributed by atoms with van der Waals surface area (Å²) < 4.78 is 11.3. The number of piperidine rings is 1. The van der Waals surface area contributed by atoms with Crippen molar-refractivity contribution in [3.8, 4) is 0 Å². The molecule has 1 amide bonds. The van der Waals surface area contributed by atoms with Crippen molar-refractivity contribution in [3.63, 3.8) is 0 Å². The summed E-state index contributed by atoms with van der Waals surface area (Å²) in [5, 5.41) is 0. The van der Waals surface area contributed by atoms with E-state index in [1.807, 2.05) is 11.1 Å². The third kappa shape index (κ3) is 3.42. The van der Waals surface area contributed by atoms with Crippen LogP contribution in [0.2, 0.25) is 0 Å². The third-order valence-corrected chi connectivity index (χ3v) is 5.20. The number of amides is 1. The first kappa shape index (κ1) is 16.2. The van der Waals surface area contributed by atoms with Crippen molar-refractivity contribution in [3.05, 3.63) is 42.1 Å². The van der Waals surface area contributed by atoms with Crippen molar-refractivity contribution in [1.82, 2.24) is 19.9 Å². The van der Waals surface area contributed by atoms with Gasteiger partial charge >= 0.3 is 0 Å². The average molecular weight is 342 g/mol. The molecule has 0 saturated carbocycles. The standard InChI is InChI=1S/C18H22N4O3/c1-13-21-16(12-24-13)17(23)22-6-2-18(3-7-22)9-14(11-25-18)8-15-10-19-4-5-20-15/h4-5,10,12,14H,2-3,6-9,11H2,1H3/t14-/m0/s1. The van der Waals surface area contributed by atoms with Gasteiger partial charge in [0.2, 0.25) is 0 Å². The second-order valence-electron chi connectivity index (χ2n) is 7.01. The van der Waals surface area contributed by atoms with E-state index >= 15 is 0 Å². The molecule has 2 aliphatic rings. The lowest BCUT2D eigenvalue weighted by Crippen LogP contribution is -2.46. The van der Waals surface area contributed by atoms with Crippen molar-refractivity contribution in [2.24, 2.45) is 5.92 Å². The third-order valence-electron chi connectivity index (χ3n) is 5.20. The van der Waals surface area contributed by atoms with Crippen LogP contribution in [0.25, 0.3) is 0 Å². The molecule has 0 N–H and O–H groups in total. The summed E-state index contributed by atoms with van der Waals surface area (Å²) in [7, 11) is 0. The van der Waals surface area contributed by atoms with Crippen molar-refractivity contribution in [2.45, 2.75) is 38.2 Å². The Morgan fingerprint density at radius 3 is 2.88 bits per heavy atom. The first-order chi connectivity index (χ1) is 12.1. The molecule has 4 heterocycles. The van der Waals surface area contributed by atoms with Gasteiger partial charge in [0.05, 0.1) is 17.9 Å². The molecule has 0 aromatic carbocycles. The SMILES string of the molecule is Cc1nc(C(=O)N2CCC3(CC2)C[C@H](Cc2cnccn2)CO3)co1. The molecular formula is C18H22N4O3. The van der Waals surface area contributed by atoms with E-state index in [9.17, 15) is 4.79 Å². The van der Waals surface area contributed by atoms with Crippen molar-refractivity contribution in [1.29, 1.82) is 0 Å². The quantitative estimate of drug-likeness (QED) is 0.849. The van der Waals surface area contributed by atoms with Crippen LogP contribution in [0.1, 0.15) is 41.3 Å². The summed E-state index contributed by atoms with van der Waals surface area (Å²) in [4.78, 5) is 26.9. The Labute approximate surface area is 146 Å². The van der Waals surface area contributed by atoms with E-state index in [-0.39, 0.29) is 11.5 Å². The van der Waals surface area contributed by atoms with Crippen LogP contribution in [0.5, 0.6) is 0 Å². The minimum atomic E-state index is -0.0939. The maximum absolute atomic E-state index is 12.5. The Kier molecular flexibility index (Phi) is 4.25. The van der Waals surface area contributed by atoms with E-state index in [1.54, 1.807) is 19.3 Å². The maximum atomic E-state index is 12.5. The second-order valence-corrected chi connectivity index (χ2v) is 7.01. The fraction of sp³-hybridized carbons (Fsp3) is 0.556. The molecule has 2 aromatic rings. The number of hydrogen-bond donors (Lipinski definition) is 0. The van der Waals surface area contributed by atoms with Crippen molar-refractivity contribution in [2.75, 3.05) is 19.7 Å². The predicted octanol–water partition coefficient (Wildman–Crippen LogP) is 2.03. The summed E-state index contributed by atoms with van der Waals surface area (Å²) in [5.74, 6) is 0.931. The lowest BCUT2D eigenvalue weighted by molar-refractivity contribution is -0.0391. The minimum Gasteiger partial charge on any atom is -0.448 e. The zero-order valence-corrected chi connectivity index (χ0v) is 14.4. The minimum absolute atomic E-state index is 0.0548. The normalized spacial score (nSPS) is 22.4. The van der Waals surface area contributed by atoms with E-state index in [4.69, 9.17) is 9.15 Å². The molecule has 0 unspecified atom stereocenters. The van der Waals surface area contributed by atoms with Crippen LogP contribution in [-0.2, 0) is 11.2 Å². The first-order valence-electron chi connectivity index (χ1n) is 8.74. The molecule has 4 rings (SSSR count). The number of aromatic nitrogens is 3. The summed E-state index contributed by atoms with van der Waals surface area (Å²) in [6.07, 6.45) is 10.3. The molecule has 2 aromatic heterocycles. The maximum Gasteiger partial charge on any atom is 0.275 e. The zero-order chi connectivity index (χ0) is 17.3. The van der Waals surface area contributed by atoms with Gasteiger partial charge in [-0.15, -0.1) is 0 Å². The lowest BCUT2D eigenvalue weighted by Gasteiger charge is -2.38. The van der Waals surface area contributed by atoms with Crippen LogP contribution in [-0.4, -0.2) is 51.1 Å². The number of carbonyl (C=O) groups excluding carboxylic acids is 1. The number of likely N-dealkylation sites (tertiary alicyclic amines) is 1. The molecule has 25 heavy (non-hydrogen) atoms. The van der Waals surface area contributed by atoms with E-state index in [0.717, 1.165) is 38.0 Å². The highest BCUT2D eigenvalue weighted by Crippen LogP contribution is 2.39. The van der Waals surface area contributed by atoms with Crippen molar-refractivity contribution < 1.29 is 13.9 Å². The molecule has 2 aliphatic heterocycles. The number of ether oxygens (including phenoxy) is 1. The number of hydrogen-bond acceptors (Lipinski definition) is 6. The molecule has 1 atom stereocenters. The highest BCUT2D eigenvalue weighted by Gasteiger charge is 2.43. The molecule has 2 saturated heterocycles. The predicted molar refractivity (Wildman–Crippen MR) is 88.9 cm³/mol. The summed E-state index contributed by atoms with van der Waals surface area (Å²) in [6.45, 7) is 3.89. The topological polar surface area (TPSA) is 81.4 Å². The Hall–Kier alpha value is -2.28. The average Bonchev–Trinajstić information content (AvgIpc) is 3.23. The molecule has 0 bridgehead atoms. The molecule has 1 spiro atoms.